The number of halogens is 1. The molecule has 0 aromatic carbocycles. The molecular formula is C9H12ClNO4S2. The number of hydrogen-bond donors (Lipinski definition) is 1. The summed E-state index contributed by atoms with van der Waals surface area (Å²) in [5.74, 6) is -0.431. The van der Waals surface area contributed by atoms with Crippen LogP contribution in [0.15, 0.2) is 16.3 Å². The number of carbonyl (C=O) groups is 1. The van der Waals surface area contributed by atoms with Crippen LogP contribution in [0.2, 0.25) is 4.34 Å². The SMILES string of the molecule is CCOC(=O)CCNS(=O)(=O)c1ccc(Cl)s1. The molecule has 5 nitrogen and oxygen atoms in total. The van der Waals surface area contributed by atoms with E-state index < -0.39 is 16.0 Å². The average molecular weight is 298 g/mol. The van der Waals surface area contributed by atoms with Crippen LogP contribution in [0.3, 0.4) is 0 Å². The van der Waals surface area contributed by atoms with Gasteiger partial charge in [0.25, 0.3) is 0 Å². The quantitative estimate of drug-likeness (QED) is 0.810. The highest BCUT2D eigenvalue weighted by Gasteiger charge is 2.16. The molecule has 17 heavy (non-hydrogen) atoms. The van der Waals surface area contributed by atoms with Crippen molar-refractivity contribution in [1.82, 2.24) is 4.72 Å². The van der Waals surface area contributed by atoms with Crippen molar-refractivity contribution in [2.24, 2.45) is 0 Å². The molecule has 0 atom stereocenters. The number of rotatable bonds is 6. The van der Waals surface area contributed by atoms with E-state index in [4.69, 9.17) is 11.6 Å². The Morgan fingerprint density at radius 3 is 2.76 bits per heavy atom. The van der Waals surface area contributed by atoms with E-state index in [2.05, 4.69) is 9.46 Å². The number of carbonyl (C=O) groups excluding carboxylic acids is 1. The lowest BCUT2D eigenvalue weighted by Crippen LogP contribution is -2.26. The largest absolute Gasteiger partial charge is 0.466 e. The van der Waals surface area contributed by atoms with E-state index in [0.717, 1.165) is 11.3 Å². The van der Waals surface area contributed by atoms with Gasteiger partial charge < -0.3 is 4.74 Å². The number of ether oxygens (including phenoxy) is 1. The van der Waals surface area contributed by atoms with Gasteiger partial charge in [0.1, 0.15) is 4.21 Å². The van der Waals surface area contributed by atoms with E-state index in [0.29, 0.717) is 4.34 Å². The lowest BCUT2D eigenvalue weighted by Gasteiger charge is -2.04. The molecule has 1 aromatic heterocycles. The fourth-order valence-electron chi connectivity index (χ4n) is 1.03. The smallest absolute Gasteiger partial charge is 0.307 e. The van der Waals surface area contributed by atoms with Gasteiger partial charge in [0.05, 0.1) is 17.4 Å². The van der Waals surface area contributed by atoms with Crippen LogP contribution in [-0.4, -0.2) is 27.5 Å². The molecule has 0 bridgehead atoms. The van der Waals surface area contributed by atoms with Crippen molar-refractivity contribution in [3.63, 3.8) is 0 Å². The molecule has 0 fully saturated rings. The molecule has 0 aliphatic heterocycles. The summed E-state index contributed by atoms with van der Waals surface area (Å²) >= 11 is 6.61. The third-order valence-electron chi connectivity index (χ3n) is 1.74. The third-order valence-corrected chi connectivity index (χ3v) is 4.92. The van der Waals surface area contributed by atoms with Gasteiger partial charge in [-0.05, 0) is 19.1 Å². The van der Waals surface area contributed by atoms with Crippen molar-refractivity contribution >= 4 is 38.9 Å². The Bertz CT molecular complexity index is 483. The normalized spacial score (nSPS) is 11.4. The second-order valence-electron chi connectivity index (χ2n) is 3.01. The molecule has 0 amide bonds. The fourth-order valence-corrected chi connectivity index (χ4v) is 3.59. The zero-order valence-corrected chi connectivity index (χ0v) is 11.5. The molecule has 0 saturated heterocycles. The monoisotopic (exact) mass is 297 g/mol. The van der Waals surface area contributed by atoms with Gasteiger partial charge >= 0.3 is 5.97 Å². The molecule has 1 N–H and O–H groups in total. The molecule has 8 heteroatoms. The van der Waals surface area contributed by atoms with E-state index in [1.54, 1.807) is 6.92 Å². The maximum atomic E-state index is 11.7. The standard InChI is InChI=1S/C9H12ClNO4S2/c1-2-15-8(12)5-6-11-17(13,14)9-4-3-7(10)16-9/h3-4,11H,2,5-6H2,1H3. The Morgan fingerprint density at radius 2 is 2.24 bits per heavy atom. The summed E-state index contributed by atoms with van der Waals surface area (Å²) < 4.78 is 30.9. The first-order valence-electron chi connectivity index (χ1n) is 4.86. The van der Waals surface area contributed by atoms with Gasteiger partial charge in [-0.1, -0.05) is 11.6 Å². The van der Waals surface area contributed by atoms with Crippen LogP contribution in [0.1, 0.15) is 13.3 Å². The van der Waals surface area contributed by atoms with Crippen LogP contribution >= 0.6 is 22.9 Å². The van der Waals surface area contributed by atoms with E-state index in [1.807, 2.05) is 0 Å². The minimum absolute atomic E-state index is 0.00613. The zero-order valence-electron chi connectivity index (χ0n) is 9.10. The highest BCUT2D eigenvalue weighted by Crippen LogP contribution is 2.25. The summed E-state index contributed by atoms with van der Waals surface area (Å²) in [4.78, 5) is 11.0. The molecule has 1 aromatic rings. The first-order valence-corrected chi connectivity index (χ1v) is 7.54. The van der Waals surface area contributed by atoms with Crippen LogP contribution < -0.4 is 4.72 Å². The summed E-state index contributed by atoms with van der Waals surface area (Å²) in [5.41, 5.74) is 0. The van der Waals surface area contributed by atoms with Gasteiger partial charge in [-0.25, -0.2) is 13.1 Å². The van der Waals surface area contributed by atoms with Crippen LogP contribution in [0.4, 0.5) is 0 Å². The molecule has 0 unspecified atom stereocenters. The first-order chi connectivity index (χ1) is 7.95. The topological polar surface area (TPSA) is 72.5 Å². The number of thiophene rings is 1. The highest BCUT2D eigenvalue weighted by atomic mass is 35.5. The van der Waals surface area contributed by atoms with E-state index in [9.17, 15) is 13.2 Å². The first kappa shape index (κ1) is 14.4. The third kappa shape index (κ3) is 4.63. The minimum Gasteiger partial charge on any atom is -0.466 e. The maximum Gasteiger partial charge on any atom is 0.307 e. The van der Waals surface area contributed by atoms with Crippen molar-refractivity contribution in [3.05, 3.63) is 16.5 Å². The lowest BCUT2D eigenvalue weighted by molar-refractivity contribution is -0.142. The predicted molar refractivity (Wildman–Crippen MR) is 65.8 cm³/mol. The van der Waals surface area contributed by atoms with Gasteiger partial charge in [0.2, 0.25) is 10.0 Å². The Hall–Kier alpha value is -0.630. The summed E-state index contributed by atoms with van der Waals surface area (Å²) in [6.45, 7) is 1.98. The summed E-state index contributed by atoms with van der Waals surface area (Å²) in [6.07, 6.45) is 0.00613. The van der Waals surface area contributed by atoms with Crippen molar-refractivity contribution in [1.29, 1.82) is 0 Å². The molecule has 0 aliphatic rings. The number of esters is 1. The van der Waals surface area contributed by atoms with Crippen molar-refractivity contribution in [2.45, 2.75) is 17.6 Å². The second kappa shape index (κ2) is 6.34. The van der Waals surface area contributed by atoms with Crippen molar-refractivity contribution in [2.75, 3.05) is 13.2 Å². The fraction of sp³-hybridized carbons (Fsp3) is 0.444. The Labute approximate surface area is 109 Å². The molecule has 1 heterocycles. The zero-order chi connectivity index (χ0) is 12.9. The molecule has 1 rings (SSSR count). The van der Waals surface area contributed by atoms with Gasteiger partial charge in [-0.3, -0.25) is 4.79 Å². The number of hydrogen-bond acceptors (Lipinski definition) is 5. The molecule has 0 spiro atoms. The predicted octanol–water partition coefficient (Wildman–Crippen LogP) is 1.63. The summed E-state index contributed by atoms with van der Waals surface area (Å²) in [5, 5.41) is 0. The number of sulfonamides is 1. The Balaban J connectivity index is 2.49. The van der Waals surface area contributed by atoms with Crippen LogP contribution in [0.25, 0.3) is 0 Å². The second-order valence-corrected chi connectivity index (χ2v) is 6.72. The number of nitrogens with one attached hydrogen (secondary N) is 1. The minimum atomic E-state index is -3.57. The van der Waals surface area contributed by atoms with Gasteiger partial charge in [0, 0.05) is 6.54 Å². The lowest BCUT2D eigenvalue weighted by atomic mass is 10.4. The average Bonchev–Trinajstić information content (AvgIpc) is 2.65. The van der Waals surface area contributed by atoms with E-state index in [-0.39, 0.29) is 23.8 Å². The van der Waals surface area contributed by atoms with Crippen molar-refractivity contribution in [3.8, 4) is 0 Å². The van der Waals surface area contributed by atoms with E-state index in [1.165, 1.54) is 12.1 Å². The van der Waals surface area contributed by atoms with Gasteiger partial charge in [-0.15, -0.1) is 11.3 Å². The molecule has 0 aliphatic carbocycles. The molecular weight excluding hydrogens is 286 g/mol. The molecule has 0 saturated carbocycles. The maximum absolute atomic E-state index is 11.7. The van der Waals surface area contributed by atoms with E-state index >= 15 is 0 Å². The highest BCUT2D eigenvalue weighted by molar-refractivity contribution is 7.91. The van der Waals surface area contributed by atoms with Crippen LogP contribution in [0, 0.1) is 0 Å². The van der Waals surface area contributed by atoms with Gasteiger partial charge in [0.15, 0.2) is 0 Å². The summed E-state index contributed by atoms with van der Waals surface area (Å²) in [7, 11) is -3.57. The molecule has 96 valence electrons. The Morgan fingerprint density at radius 1 is 1.53 bits per heavy atom. The molecule has 0 radical (unpaired) electrons. The van der Waals surface area contributed by atoms with Crippen LogP contribution in [0.5, 0.6) is 0 Å². The summed E-state index contributed by atoms with van der Waals surface area (Å²) in [6, 6.07) is 2.92. The van der Waals surface area contributed by atoms with Crippen LogP contribution in [-0.2, 0) is 19.6 Å². The van der Waals surface area contributed by atoms with Gasteiger partial charge in [-0.2, -0.15) is 0 Å². The van der Waals surface area contributed by atoms with Crippen molar-refractivity contribution < 1.29 is 17.9 Å². The Kier molecular flexibility index (Phi) is 5.38.